The Morgan fingerprint density at radius 1 is 1.78 bits per heavy atom. The van der Waals surface area contributed by atoms with Crippen LogP contribution in [0, 0.1) is 0 Å². The van der Waals surface area contributed by atoms with Crippen LogP contribution in [0.25, 0.3) is 0 Å². The molecule has 0 spiro atoms. The summed E-state index contributed by atoms with van der Waals surface area (Å²) in [4.78, 5) is 12.9. The van der Waals surface area contributed by atoms with Crippen LogP contribution >= 0.6 is 0 Å². The third-order valence-electron chi connectivity index (χ3n) is 1.94. The summed E-state index contributed by atoms with van der Waals surface area (Å²) in [5, 5.41) is 0. The smallest absolute Gasteiger partial charge is 0.222 e. The molecule has 0 aromatic heterocycles. The lowest BCUT2D eigenvalue weighted by molar-refractivity contribution is -0.137. The second-order valence-corrected chi connectivity index (χ2v) is 2.58. The van der Waals surface area contributed by atoms with E-state index in [2.05, 4.69) is 6.92 Å². The van der Waals surface area contributed by atoms with Crippen molar-refractivity contribution in [1.82, 2.24) is 4.90 Å². The molecule has 1 aliphatic rings. The molecule has 52 valence electrons. The molecule has 0 unspecified atom stereocenters. The number of likely N-dealkylation sites (tertiary alicyclic amines) is 1. The molecule has 0 N–H and O–H groups in total. The van der Waals surface area contributed by atoms with Gasteiger partial charge in [0.25, 0.3) is 0 Å². The number of carbonyl (C=O) groups excluding carboxylic acids is 1. The molecule has 1 atom stereocenters. The standard InChI is InChI=1S/C7H13NO/c1-3-7(9)8-5-4-6(8)2/h6H,3-5H2,1-2H3/t6-/m0/s1. The van der Waals surface area contributed by atoms with Gasteiger partial charge in [-0.25, -0.2) is 0 Å². The van der Waals surface area contributed by atoms with Gasteiger partial charge < -0.3 is 4.90 Å². The zero-order valence-electron chi connectivity index (χ0n) is 6.05. The third kappa shape index (κ3) is 1.07. The van der Waals surface area contributed by atoms with Gasteiger partial charge in [-0.05, 0) is 13.3 Å². The van der Waals surface area contributed by atoms with Gasteiger partial charge in [0.1, 0.15) is 0 Å². The molecule has 0 aliphatic carbocycles. The fourth-order valence-corrected chi connectivity index (χ4v) is 1.09. The van der Waals surface area contributed by atoms with Crippen LogP contribution in [0.3, 0.4) is 0 Å². The number of nitrogens with zero attached hydrogens (tertiary/aromatic N) is 1. The van der Waals surface area contributed by atoms with Crippen molar-refractivity contribution in [2.24, 2.45) is 0 Å². The molecule has 1 heterocycles. The molecule has 0 aromatic carbocycles. The van der Waals surface area contributed by atoms with Crippen LogP contribution in [0.5, 0.6) is 0 Å². The van der Waals surface area contributed by atoms with E-state index in [-0.39, 0.29) is 0 Å². The predicted octanol–water partition coefficient (Wildman–Crippen LogP) is 1.02. The summed E-state index contributed by atoms with van der Waals surface area (Å²) in [6, 6.07) is 0.512. The van der Waals surface area contributed by atoms with Crippen LogP contribution in [-0.4, -0.2) is 23.4 Å². The molecule has 1 fully saturated rings. The first kappa shape index (κ1) is 6.59. The molecule has 0 aromatic rings. The Morgan fingerprint density at radius 2 is 2.44 bits per heavy atom. The molecule has 0 radical (unpaired) electrons. The zero-order valence-corrected chi connectivity index (χ0v) is 6.05. The molecule has 9 heavy (non-hydrogen) atoms. The van der Waals surface area contributed by atoms with E-state index < -0.39 is 0 Å². The van der Waals surface area contributed by atoms with Gasteiger partial charge in [0.05, 0.1) is 0 Å². The number of rotatable bonds is 1. The largest absolute Gasteiger partial charge is 0.340 e. The maximum atomic E-state index is 10.9. The second kappa shape index (κ2) is 2.38. The van der Waals surface area contributed by atoms with E-state index in [0.717, 1.165) is 6.54 Å². The topological polar surface area (TPSA) is 20.3 Å². The minimum absolute atomic E-state index is 0.300. The van der Waals surface area contributed by atoms with Gasteiger partial charge in [-0.2, -0.15) is 0 Å². The zero-order chi connectivity index (χ0) is 6.85. The Bertz CT molecular complexity index is 122. The SMILES string of the molecule is CCC(=O)N1CC[C@@H]1C. The van der Waals surface area contributed by atoms with E-state index in [0.29, 0.717) is 18.4 Å². The van der Waals surface area contributed by atoms with Crippen molar-refractivity contribution in [3.05, 3.63) is 0 Å². The fraction of sp³-hybridized carbons (Fsp3) is 0.857. The van der Waals surface area contributed by atoms with Crippen molar-refractivity contribution in [3.8, 4) is 0 Å². The lowest BCUT2D eigenvalue weighted by atomic mass is 10.1. The Morgan fingerprint density at radius 3 is 2.56 bits per heavy atom. The van der Waals surface area contributed by atoms with E-state index in [1.165, 1.54) is 6.42 Å². The Kier molecular flexibility index (Phi) is 1.74. The van der Waals surface area contributed by atoms with Gasteiger partial charge >= 0.3 is 0 Å². The summed E-state index contributed by atoms with van der Waals surface area (Å²) < 4.78 is 0. The first-order valence-corrected chi connectivity index (χ1v) is 3.55. The quantitative estimate of drug-likeness (QED) is 0.515. The average molecular weight is 127 g/mol. The molecular weight excluding hydrogens is 114 g/mol. The van der Waals surface area contributed by atoms with Crippen LogP contribution in [0.1, 0.15) is 26.7 Å². The van der Waals surface area contributed by atoms with Crippen molar-refractivity contribution in [3.63, 3.8) is 0 Å². The van der Waals surface area contributed by atoms with Crippen molar-refractivity contribution < 1.29 is 4.79 Å². The van der Waals surface area contributed by atoms with Gasteiger partial charge in [0.15, 0.2) is 0 Å². The Balaban J connectivity index is 2.35. The molecule has 2 heteroatoms. The molecule has 2 nitrogen and oxygen atoms in total. The van der Waals surface area contributed by atoms with Crippen LogP contribution < -0.4 is 0 Å². The summed E-state index contributed by atoms with van der Waals surface area (Å²) in [5.41, 5.74) is 0. The highest BCUT2D eigenvalue weighted by Gasteiger charge is 2.26. The molecule has 1 rings (SSSR count). The van der Waals surface area contributed by atoms with Crippen LogP contribution in [0.2, 0.25) is 0 Å². The maximum absolute atomic E-state index is 10.9. The van der Waals surface area contributed by atoms with Crippen molar-refractivity contribution in [2.75, 3.05) is 6.54 Å². The average Bonchev–Trinajstić information content (AvgIpc) is 1.84. The first-order valence-electron chi connectivity index (χ1n) is 3.55. The Labute approximate surface area is 55.8 Å². The maximum Gasteiger partial charge on any atom is 0.222 e. The minimum Gasteiger partial charge on any atom is -0.340 e. The van der Waals surface area contributed by atoms with Crippen molar-refractivity contribution >= 4 is 5.91 Å². The molecule has 1 aliphatic heterocycles. The monoisotopic (exact) mass is 127 g/mol. The lowest BCUT2D eigenvalue weighted by Crippen LogP contribution is -2.48. The summed E-state index contributed by atoms with van der Waals surface area (Å²) in [6.07, 6.45) is 1.84. The van der Waals surface area contributed by atoms with Crippen molar-refractivity contribution in [1.29, 1.82) is 0 Å². The van der Waals surface area contributed by atoms with E-state index in [9.17, 15) is 4.79 Å². The normalized spacial score (nSPS) is 25.6. The highest BCUT2D eigenvalue weighted by atomic mass is 16.2. The summed E-state index contributed by atoms with van der Waals surface area (Å²) in [7, 11) is 0. The predicted molar refractivity (Wildman–Crippen MR) is 36.1 cm³/mol. The highest BCUT2D eigenvalue weighted by Crippen LogP contribution is 2.16. The number of hydrogen-bond acceptors (Lipinski definition) is 1. The third-order valence-corrected chi connectivity index (χ3v) is 1.94. The Hall–Kier alpha value is -0.530. The minimum atomic E-state index is 0.300. The van der Waals surface area contributed by atoms with Gasteiger partial charge in [-0.15, -0.1) is 0 Å². The molecule has 1 saturated heterocycles. The first-order chi connectivity index (χ1) is 4.25. The van der Waals surface area contributed by atoms with Crippen LogP contribution in [0.15, 0.2) is 0 Å². The highest BCUT2D eigenvalue weighted by molar-refractivity contribution is 5.76. The van der Waals surface area contributed by atoms with E-state index in [4.69, 9.17) is 0 Å². The molecule has 1 amide bonds. The summed E-state index contributed by atoms with van der Waals surface area (Å²) in [5.74, 6) is 0.300. The van der Waals surface area contributed by atoms with Gasteiger partial charge in [0.2, 0.25) is 5.91 Å². The van der Waals surface area contributed by atoms with Gasteiger partial charge in [-0.3, -0.25) is 4.79 Å². The van der Waals surface area contributed by atoms with Gasteiger partial charge in [-0.1, -0.05) is 6.92 Å². The van der Waals surface area contributed by atoms with E-state index in [1.807, 2.05) is 11.8 Å². The van der Waals surface area contributed by atoms with Crippen LogP contribution in [0.4, 0.5) is 0 Å². The molecule has 0 saturated carbocycles. The number of amides is 1. The van der Waals surface area contributed by atoms with E-state index in [1.54, 1.807) is 0 Å². The molecule has 0 bridgehead atoms. The summed E-state index contributed by atoms with van der Waals surface area (Å²) in [6.45, 7) is 4.98. The number of hydrogen-bond donors (Lipinski definition) is 0. The van der Waals surface area contributed by atoms with Crippen molar-refractivity contribution in [2.45, 2.75) is 32.7 Å². The van der Waals surface area contributed by atoms with Crippen LogP contribution in [-0.2, 0) is 4.79 Å². The number of carbonyl (C=O) groups is 1. The summed E-state index contributed by atoms with van der Waals surface area (Å²) >= 11 is 0. The fourth-order valence-electron chi connectivity index (χ4n) is 1.09. The molecular formula is C7H13NO. The lowest BCUT2D eigenvalue weighted by Gasteiger charge is -2.38. The second-order valence-electron chi connectivity index (χ2n) is 2.58. The van der Waals surface area contributed by atoms with E-state index >= 15 is 0 Å². The van der Waals surface area contributed by atoms with Gasteiger partial charge in [0, 0.05) is 19.0 Å².